The zero-order valence-electron chi connectivity index (χ0n) is 14.7. The normalized spacial score (nSPS) is 11.8. The lowest BCUT2D eigenvalue weighted by molar-refractivity contribution is -0.118. The summed E-state index contributed by atoms with van der Waals surface area (Å²) >= 11 is 6.06. The summed E-state index contributed by atoms with van der Waals surface area (Å²) in [5.74, 6) is -1.14. The zero-order valence-corrected chi connectivity index (χ0v) is 15.4. The molecular weight excluding hydrogens is 359 g/mol. The van der Waals surface area contributed by atoms with E-state index in [0.717, 1.165) is 0 Å². The van der Waals surface area contributed by atoms with Gasteiger partial charge in [-0.1, -0.05) is 31.5 Å². The minimum Gasteiger partial charge on any atom is -0.493 e. The molecule has 0 radical (unpaired) electrons. The molecule has 0 aromatic heterocycles. The summed E-state index contributed by atoms with van der Waals surface area (Å²) in [5.41, 5.74) is 0.678. The van der Waals surface area contributed by atoms with Crippen LogP contribution in [0.4, 0.5) is 10.1 Å². The number of methoxy groups -OCH3 is 1. The third-order valence-electron chi connectivity index (χ3n) is 3.77. The maximum atomic E-state index is 13.0. The summed E-state index contributed by atoms with van der Waals surface area (Å²) in [6.45, 7) is 3.62. The Hall–Kier alpha value is -2.60. The van der Waals surface area contributed by atoms with Crippen LogP contribution in [0.5, 0.6) is 5.75 Å². The first kappa shape index (κ1) is 19.7. The first-order valence-electron chi connectivity index (χ1n) is 8.03. The van der Waals surface area contributed by atoms with Crippen molar-refractivity contribution in [3.05, 3.63) is 58.9 Å². The van der Waals surface area contributed by atoms with E-state index in [4.69, 9.17) is 16.3 Å². The molecule has 2 rings (SSSR count). The van der Waals surface area contributed by atoms with Gasteiger partial charge in [-0.3, -0.25) is 9.59 Å². The second-order valence-electron chi connectivity index (χ2n) is 6.01. The van der Waals surface area contributed by atoms with E-state index in [2.05, 4.69) is 10.6 Å². The lowest BCUT2D eigenvalue weighted by Gasteiger charge is -2.22. The van der Waals surface area contributed by atoms with Crippen LogP contribution < -0.4 is 15.4 Å². The summed E-state index contributed by atoms with van der Waals surface area (Å²) in [6.07, 6.45) is 0. The van der Waals surface area contributed by atoms with Gasteiger partial charge in [-0.2, -0.15) is 0 Å². The standard InChI is InChI=1S/C19H20ClFN2O3/c1-11(2)16(23-18(24)12-7-9-13(21)10-8-12)19(25)22-15-6-4-5-14(20)17(15)26-3/h4-11,16H,1-3H3,(H,22,25)(H,23,24). The Morgan fingerprint density at radius 2 is 1.77 bits per heavy atom. The van der Waals surface area contributed by atoms with Gasteiger partial charge in [-0.05, 0) is 42.3 Å². The van der Waals surface area contributed by atoms with Crippen molar-refractivity contribution < 1.29 is 18.7 Å². The number of amides is 2. The van der Waals surface area contributed by atoms with Gasteiger partial charge < -0.3 is 15.4 Å². The molecule has 138 valence electrons. The summed E-state index contributed by atoms with van der Waals surface area (Å²) in [5, 5.41) is 5.77. The van der Waals surface area contributed by atoms with Crippen molar-refractivity contribution >= 4 is 29.1 Å². The highest BCUT2D eigenvalue weighted by molar-refractivity contribution is 6.32. The number of para-hydroxylation sites is 1. The average molecular weight is 379 g/mol. The van der Waals surface area contributed by atoms with Crippen LogP contribution in [0.25, 0.3) is 0 Å². The third-order valence-corrected chi connectivity index (χ3v) is 4.07. The maximum Gasteiger partial charge on any atom is 0.251 e. The summed E-state index contributed by atoms with van der Waals surface area (Å²) in [6, 6.07) is 9.29. The quantitative estimate of drug-likeness (QED) is 0.801. The summed E-state index contributed by atoms with van der Waals surface area (Å²) < 4.78 is 18.2. The van der Waals surface area contributed by atoms with Gasteiger partial charge in [-0.25, -0.2) is 4.39 Å². The van der Waals surface area contributed by atoms with E-state index in [1.165, 1.54) is 31.4 Å². The number of hydrogen-bond donors (Lipinski definition) is 2. The van der Waals surface area contributed by atoms with Crippen LogP contribution in [0.1, 0.15) is 24.2 Å². The molecule has 0 aliphatic carbocycles. The number of carbonyl (C=O) groups excluding carboxylic acids is 2. The van der Waals surface area contributed by atoms with Crippen molar-refractivity contribution in [1.29, 1.82) is 0 Å². The predicted octanol–water partition coefficient (Wildman–Crippen LogP) is 3.88. The van der Waals surface area contributed by atoms with Gasteiger partial charge in [0.05, 0.1) is 17.8 Å². The Labute approximate surface area is 156 Å². The molecule has 2 N–H and O–H groups in total. The second kappa shape index (κ2) is 8.67. The van der Waals surface area contributed by atoms with Crippen molar-refractivity contribution in [2.24, 2.45) is 5.92 Å². The highest BCUT2D eigenvalue weighted by Crippen LogP contribution is 2.32. The molecule has 0 spiro atoms. The Morgan fingerprint density at radius 3 is 2.35 bits per heavy atom. The molecular formula is C19H20ClFN2O3. The molecule has 0 fully saturated rings. The number of anilines is 1. The van der Waals surface area contributed by atoms with Gasteiger partial charge in [-0.15, -0.1) is 0 Å². The zero-order chi connectivity index (χ0) is 19.3. The van der Waals surface area contributed by atoms with E-state index < -0.39 is 23.7 Å². The van der Waals surface area contributed by atoms with E-state index in [-0.39, 0.29) is 11.5 Å². The number of halogens is 2. The smallest absolute Gasteiger partial charge is 0.251 e. The van der Waals surface area contributed by atoms with Gasteiger partial charge in [0.25, 0.3) is 5.91 Å². The topological polar surface area (TPSA) is 67.4 Å². The van der Waals surface area contributed by atoms with E-state index in [1.54, 1.807) is 18.2 Å². The number of benzene rings is 2. The Kier molecular flexibility index (Phi) is 6.58. The lowest BCUT2D eigenvalue weighted by Crippen LogP contribution is -2.47. The molecule has 2 aromatic carbocycles. The number of hydrogen-bond acceptors (Lipinski definition) is 3. The van der Waals surface area contributed by atoms with Crippen molar-refractivity contribution in [1.82, 2.24) is 5.32 Å². The lowest BCUT2D eigenvalue weighted by atomic mass is 10.0. The van der Waals surface area contributed by atoms with E-state index in [0.29, 0.717) is 16.5 Å². The summed E-state index contributed by atoms with van der Waals surface area (Å²) in [4.78, 5) is 25.0. The van der Waals surface area contributed by atoms with Crippen LogP contribution in [0.3, 0.4) is 0 Å². The van der Waals surface area contributed by atoms with E-state index in [9.17, 15) is 14.0 Å². The Morgan fingerprint density at radius 1 is 1.12 bits per heavy atom. The van der Waals surface area contributed by atoms with Crippen molar-refractivity contribution in [2.75, 3.05) is 12.4 Å². The van der Waals surface area contributed by atoms with Gasteiger partial charge >= 0.3 is 0 Å². The van der Waals surface area contributed by atoms with Crippen LogP contribution in [0, 0.1) is 11.7 Å². The first-order chi connectivity index (χ1) is 12.3. The van der Waals surface area contributed by atoms with Crippen molar-refractivity contribution in [2.45, 2.75) is 19.9 Å². The van der Waals surface area contributed by atoms with Gasteiger partial charge in [0.15, 0.2) is 5.75 Å². The SMILES string of the molecule is COc1c(Cl)cccc1NC(=O)C(NC(=O)c1ccc(F)cc1)C(C)C. The number of rotatable bonds is 6. The highest BCUT2D eigenvalue weighted by atomic mass is 35.5. The molecule has 0 bridgehead atoms. The molecule has 2 aromatic rings. The monoisotopic (exact) mass is 378 g/mol. The summed E-state index contributed by atoms with van der Waals surface area (Å²) in [7, 11) is 1.45. The fraction of sp³-hybridized carbons (Fsp3) is 0.263. The highest BCUT2D eigenvalue weighted by Gasteiger charge is 2.25. The molecule has 0 saturated heterocycles. The van der Waals surface area contributed by atoms with Crippen LogP contribution in [0.15, 0.2) is 42.5 Å². The Balaban J connectivity index is 2.16. The van der Waals surface area contributed by atoms with Crippen LogP contribution in [0.2, 0.25) is 5.02 Å². The van der Waals surface area contributed by atoms with Crippen LogP contribution >= 0.6 is 11.6 Å². The molecule has 1 atom stereocenters. The van der Waals surface area contributed by atoms with Gasteiger partial charge in [0.1, 0.15) is 11.9 Å². The Bertz CT molecular complexity index is 794. The molecule has 5 nitrogen and oxygen atoms in total. The largest absolute Gasteiger partial charge is 0.493 e. The van der Waals surface area contributed by atoms with Crippen LogP contribution in [-0.4, -0.2) is 25.0 Å². The first-order valence-corrected chi connectivity index (χ1v) is 8.41. The van der Waals surface area contributed by atoms with Crippen molar-refractivity contribution in [3.63, 3.8) is 0 Å². The molecule has 26 heavy (non-hydrogen) atoms. The van der Waals surface area contributed by atoms with Gasteiger partial charge in [0.2, 0.25) is 5.91 Å². The van der Waals surface area contributed by atoms with Gasteiger partial charge in [0, 0.05) is 5.56 Å². The number of ether oxygens (including phenoxy) is 1. The number of nitrogens with one attached hydrogen (secondary N) is 2. The second-order valence-corrected chi connectivity index (χ2v) is 6.42. The molecule has 0 aliphatic heterocycles. The van der Waals surface area contributed by atoms with E-state index >= 15 is 0 Å². The molecule has 1 unspecified atom stereocenters. The molecule has 7 heteroatoms. The predicted molar refractivity (Wildman–Crippen MR) is 99.1 cm³/mol. The van der Waals surface area contributed by atoms with Crippen LogP contribution in [-0.2, 0) is 4.79 Å². The third kappa shape index (κ3) is 4.73. The fourth-order valence-corrected chi connectivity index (χ4v) is 2.64. The molecule has 0 saturated carbocycles. The maximum absolute atomic E-state index is 13.0. The minimum absolute atomic E-state index is 0.176. The molecule has 0 aliphatic rings. The molecule has 2 amide bonds. The average Bonchev–Trinajstić information content (AvgIpc) is 2.60. The van der Waals surface area contributed by atoms with E-state index in [1.807, 2.05) is 13.8 Å². The minimum atomic E-state index is -0.795. The van der Waals surface area contributed by atoms with Crippen molar-refractivity contribution in [3.8, 4) is 5.75 Å². The fourth-order valence-electron chi connectivity index (χ4n) is 2.39. The molecule has 0 heterocycles. The number of carbonyl (C=O) groups is 2.